The van der Waals surface area contributed by atoms with Gasteiger partial charge in [0.1, 0.15) is 0 Å². The number of carbonyl (C=O) groups is 2. The molecule has 5 nitrogen and oxygen atoms in total. The zero-order chi connectivity index (χ0) is 16.6. The lowest BCUT2D eigenvalue weighted by Crippen LogP contribution is -2.45. The molecule has 0 fully saturated rings. The lowest BCUT2D eigenvalue weighted by molar-refractivity contribution is -0.131. The Morgan fingerprint density at radius 2 is 1.82 bits per heavy atom. The third-order valence-corrected chi connectivity index (χ3v) is 4.21. The second-order valence-electron chi connectivity index (χ2n) is 5.43. The SMILES string of the molecule is CCNC(=O)c1cccc(CNC(=O)C(CC)(CC)CN)c1. The van der Waals surface area contributed by atoms with Gasteiger partial charge in [-0.2, -0.15) is 0 Å². The standard InChI is InChI=1S/C17H27N3O2/c1-4-17(5-2,12-18)16(22)20-11-13-8-7-9-14(10-13)15(21)19-6-3/h7-10H,4-6,11-12,18H2,1-3H3,(H,19,21)(H,20,22). The molecule has 0 atom stereocenters. The van der Waals surface area contributed by atoms with Gasteiger partial charge in [0, 0.05) is 25.2 Å². The molecule has 1 aromatic rings. The van der Waals surface area contributed by atoms with Crippen LogP contribution in [0, 0.1) is 5.41 Å². The average molecular weight is 305 g/mol. The molecule has 0 aromatic heterocycles. The predicted octanol–water partition coefficient (Wildman–Crippen LogP) is 1.82. The molecule has 0 heterocycles. The topological polar surface area (TPSA) is 84.2 Å². The summed E-state index contributed by atoms with van der Waals surface area (Å²) in [6.07, 6.45) is 1.43. The molecular formula is C17H27N3O2. The van der Waals surface area contributed by atoms with Crippen LogP contribution in [0.25, 0.3) is 0 Å². The lowest BCUT2D eigenvalue weighted by Gasteiger charge is -2.28. The van der Waals surface area contributed by atoms with E-state index < -0.39 is 5.41 Å². The smallest absolute Gasteiger partial charge is 0.251 e. The summed E-state index contributed by atoms with van der Waals surface area (Å²) in [5.74, 6) is -0.127. The van der Waals surface area contributed by atoms with Gasteiger partial charge < -0.3 is 16.4 Å². The molecule has 22 heavy (non-hydrogen) atoms. The molecule has 122 valence electrons. The Hall–Kier alpha value is -1.88. The normalized spacial score (nSPS) is 11.1. The van der Waals surface area contributed by atoms with Crippen LogP contribution in [-0.2, 0) is 11.3 Å². The summed E-state index contributed by atoms with van der Waals surface area (Å²) in [6, 6.07) is 7.28. The Balaban J connectivity index is 2.74. The van der Waals surface area contributed by atoms with E-state index >= 15 is 0 Å². The summed E-state index contributed by atoms with van der Waals surface area (Å²) in [7, 11) is 0. The van der Waals surface area contributed by atoms with Gasteiger partial charge in [0.2, 0.25) is 5.91 Å². The van der Waals surface area contributed by atoms with Gasteiger partial charge in [0.15, 0.2) is 0 Å². The fourth-order valence-corrected chi connectivity index (χ4v) is 2.41. The van der Waals surface area contributed by atoms with Gasteiger partial charge in [0.05, 0.1) is 5.41 Å². The summed E-state index contributed by atoms with van der Waals surface area (Å²) in [5, 5.41) is 5.70. The molecule has 0 aliphatic heterocycles. The Labute approximate surface area is 132 Å². The fraction of sp³-hybridized carbons (Fsp3) is 0.529. The zero-order valence-corrected chi connectivity index (χ0v) is 13.7. The molecular weight excluding hydrogens is 278 g/mol. The van der Waals surface area contributed by atoms with Crippen molar-refractivity contribution in [1.29, 1.82) is 0 Å². The van der Waals surface area contributed by atoms with E-state index in [0.29, 0.717) is 38.0 Å². The number of carbonyl (C=O) groups excluding carboxylic acids is 2. The van der Waals surface area contributed by atoms with Crippen LogP contribution < -0.4 is 16.4 Å². The first kappa shape index (κ1) is 18.2. The van der Waals surface area contributed by atoms with Crippen LogP contribution in [0.15, 0.2) is 24.3 Å². The molecule has 0 spiro atoms. The molecule has 2 amide bonds. The molecule has 5 heteroatoms. The minimum Gasteiger partial charge on any atom is -0.352 e. The molecule has 0 unspecified atom stereocenters. The maximum Gasteiger partial charge on any atom is 0.251 e. The van der Waals surface area contributed by atoms with E-state index in [1.54, 1.807) is 12.1 Å². The Morgan fingerprint density at radius 3 is 2.36 bits per heavy atom. The number of benzene rings is 1. The largest absolute Gasteiger partial charge is 0.352 e. The van der Waals surface area contributed by atoms with Crippen LogP contribution in [0.2, 0.25) is 0 Å². The molecule has 0 radical (unpaired) electrons. The molecule has 0 aliphatic carbocycles. The first-order valence-corrected chi connectivity index (χ1v) is 7.88. The summed E-state index contributed by atoms with van der Waals surface area (Å²) >= 11 is 0. The number of rotatable bonds is 8. The predicted molar refractivity (Wildman–Crippen MR) is 88.4 cm³/mol. The molecule has 1 aromatic carbocycles. The number of hydrogen-bond acceptors (Lipinski definition) is 3. The molecule has 0 saturated heterocycles. The highest BCUT2D eigenvalue weighted by atomic mass is 16.2. The zero-order valence-electron chi connectivity index (χ0n) is 13.7. The molecule has 1 rings (SSSR count). The van der Waals surface area contributed by atoms with E-state index in [1.165, 1.54) is 0 Å². The van der Waals surface area contributed by atoms with Crippen LogP contribution in [0.5, 0.6) is 0 Å². The second kappa shape index (κ2) is 8.54. The lowest BCUT2D eigenvalue weighted by atomic mass is 9.81. The van der Waals surface area contributed by atoms with E-state index in [0.717, 1.165) is 5.56 Å². The van der Waals surface area contributed by atoms with E-state index in [2.05, 4.69) is 10.6 Å². The van der Waals surface area contributed by atoms with Crippen LogP contribution >= 0.6 is 0 Å². The van der Waals surface area contributed by atoms with E-state index in [4.69, 9.17) is 5.73 Å². The quantitative estimate of drug-likeness (QED) is 0.685. The maximum atomic E-state index is 12.4. The van der Waals surface area contributed by atoms with Crippen molar-refractivity contribution in [2.45, 2.75) is 40.2 Å². The number of nitrogens with two attached hydrogens (primary N) is 1. The van der Waals surface area contributed by atoms with Crippen LogP contribution in [0.3, 0.4) is 0 Å². The minimum absolute atomic E-state index is 0.0246. The third-order valence-electron chi connectivity index (χ3n) is 4.21. The van der Waals surface area contributed by atoms with Crippen molar-refractivity contribution in [2.75, 3.05) is 13.1 Å². The van der Waals surface area contributed by atoms with Crippen molar-refractivity contribution in [3.63, 3.8) is 0 Å². The van der Waals surface area contributed by atoms with Crippen molar-refractivity contribution in [3.05, 3.63) is 35.4 Å². The minimum atomic E-state index is -0.503. The monoisotopic (exact) mass is 305 g/mol. The summed E-state index contributed by atoms with van der Waals surface area (Å²) in [4.78, 5) is 24.2. The Kier molecular flexibility index (Phi) is 7.05. The van der Waals surface area contributed by atoms with Crippen LogP contribution in [0.4, 0.5) is 0 Å². The average Bonchev–Trinajstić information content (AvgIpc) is 2.55. The fourth-order valence-electron chi connectivity index (χ4n) is 2.41. The molecule has 0 saturated carbocycles. The maximum absolute atomic E-state index is 12.4. The number of amides is 2. The third kappa shape index (κ3) is 4.31. The molecule has 0 aliphatic rings. The van der Waals surface area contributed by atoms with Crippen molar-refractivity contribution in [3.8, 4) is 0 Å². The number of nitrogens with one attached hydrogen (secondary N) is 2. The Bertz CT molecular complexity index is 502. The van der Waals surface area contributed by atoms with Crippen molar-refractivity contribution in [2.24, 2.45) is 11.1 Å². The van der Waals surface area contributed by atoms with Crippen molar-refractivity contribution >= 4 is 11.8 Å². The van der Waals surface area contributed by atoms with Crippen LogP contribution in [0.1, 0.15) is 49.5 Å². The Morgan fingerprint density at radius 1 is 1.14 bits per heavy atom. The van der Waals surface area contributed by atoms with Gasteiger partial charge >= 0.3 is 0 Å². The van der Waals surface area contributed by atoms with Gasteiger partial charge in [-0.1, -0.05) is 26.0 Å². The van der Waals surface area contributed by atoms with Crippen molar-refractivity contribution < 1.29 is 9.59 Å². The highest BCUT2D eigenvalue weighted by Crippen LogP contribution is 2.25. The first-order chi connectivity index (χ1) is 10.5. The summed E-state index contributed by atoms with van der Waals surface area (Å²) < 4.78 is 0. The summed E-state index contributed by atoms with van der Waals surface area (Å²) in [6.45, 7) is 7.16. The van der Waals surface area contributed by atoms with E-state index in [9.17, 15) is 9.59 Å². The van der Waals surface area contributed by atoms with Crippen LogP contribution in [-0.4, -0.2) is 24.9 Å². The highest BCUT2D eigenvalue weighted by molar-refractivity contribution is 5.94. The summed E-state index contributed by atoms with van der Waals surface area (Å²) in [5.41, 5.74) is 6.78. The van der Waals surface area contributed by atoms with E-state index in [-0.39, 0.29) is 11.8 Å². The van der Waals surface area contributed by atoms with Crippen molar-refractivity contribution in [1.82, 2.24) is 10.6 Å². The van der Waals surface area contributed by atoms with Gasteiger partial charge in [0.25, 0.3) is 5.91 Å². The van der Waals surface area contributed by atoms with Gasteiger partial charge in [-0.15, -0.1) is 0 Å². The second-order valence-corrected chi connectivity index (χ2v) is 5.43. The van der Waals surface area contributed by atoms with E-state index in [1.807, 2.05) is 32.9 Å². The highest BCUT2D eigenvalue weighted by Gasteiger charge is 2.32. The molecule has 4 N–H and O–H groups in total. The molecule has 0 bridgehead atoms. The number of hydrogen-bond donors (Lipinski definition) is 3. The van der Waals surface area contributed by atoms with Gasteiger partial charge in [-0.05, 0) is 37.5 Å². The first-order valence-electron chi connectivity index (χ1n) is 7.88. The van der Waals surface area contributed by atoms with Gasteiger partial charge in [-0.3, -0.25) is 9.59 Å². The van der Waals surface area contributed by atoms with Gasteiger partial charge in [-0.25, -0.2) is 0 Å².